The third-order valence-electron chi connectivity index (χ3n) is 4.35. The number of nitrogens with two attached hydrogens (primary N) is 1. The van der Waals surface area contributed by atoms with Crippen molar-refractivity contribution in [2.75, 3.05) is 6.26 Å². The van der Waals surface area contributed by atoms with Gasteiger partial charge in [0.05, 0.1) is 10.9 Å². The molecule has 1 fully saturated rings. The first kappa shape index (κ1) is 17.0. The molecule has 1 aliphatic carbocycles. The zero-order valence-electron chi connectivity index (χ0n) is 13.1. The van der Waals surface area contributed by atoms with Gasteiger partial charge in [0.2, 0.25) is 5.91 Å². The first-order valence-corrected chi connectivity index (χ1v) is 9.51. The molecule has 1 unspecified atom stereocenters. The molecule has 1 aliphatic rings. The molecule has 0 saturated heterocycles. The van der Waals surface area contributed by atoms with Crippen molar-refractivity contribution in [3.8, 4) is 0 Å². The van der Waals surface area contributed by atoms with Crippen LogP contribution in [-0.4, -0.2) is 26.6 Å². The fourth-order valence-corrected chi connectivity index (χ4v) is 3.57. The molecule has 3 atom stereocenters. The molecule has 0 heterocycles. The number of sulfone groups is 1. The zero-order chi connectivity index (χ0) is 16.3. The van der Waals surface area contributed by atoms with Gasteiger partial charge < -0.3 is 11.1 Å². The van der Waals surface area contributed by atoms with Crippen LogP contribution in [0.25, 0.3) is 0 Å². The maximum atomic E-state index is 12.1. The van der Waals surface area contributed by atoms with E-state index in [4.69, 9.17) is 5.73 Å². The lowest BCUT2D eigenvalue weighted by molar-refractivity contribution is -0.122. The normalized spacial score (nSPS) is 23.2. The molecule has 5 nitrogen and oxygen atoms in total. The van der Waals surface area contributed by atoms with Crippen molar-refractivity contribution in [2.24, 2.45) is 11.7 Å². The molecule has 1 amide bonds. The van der Waals surface area contributed by atoms with Crippen molar-refractivity contribution in [3.05, 3.63) is 29.8 Å². The van der Waals surface area contributed by atoms with Crippen molar-refractivity contribution in [1.82, 2.24) is 5.32 Å². The van der Waals surface area contributed by atoms with Crippen LogP contribution in [0, 0.1) is 5.92 Å². The molecule has 0 aliphatic heterocycles. The monoisotopic (exact) mass is 324 g/mol. The van der Waals surface area contributed by atoms with Gasteiger partial charge >= 0.3 is 0 Å². The highest BCUT2D eigenvalue weighted by Crippen LogP contribution is 2.27. The van der Waals surface area contributed by atoms with Gasteiger partial charge in [0.15, 0.2) is 9.84 Å². The average molecular weight is 324 g/mol. The zero-order valence-corrected chi connectivity index (χ0v) is 13.9. The van der Waals surface area contributed by atoms with Gasteiger partial charge in [-0.1, -0.05) is 18.6 Å². The Kier molecular flexibility index (Phi) is 5.24. The Bertz CT molecular complexity index is 625. The van der Waals surface area contributed by atoms with E-state index in [0.717, 1.165) is 24.8 Å². The molecule has 3 N–H and O–H groups in total. The van der Waals surface area contributed by atoms with E-state index in [2.05, 4.69) is 5.32 Å². The standard InChI is InChI=1S/C16H24N2O3S/c1-11(12-6-8-14(9-7-12)22(2,20)21)18-16(19)10-13-4-3-5-15(13)17/h6-9,11,13,15H,3-5,10,17H2,1-2H3,(H,18,19)/t11?,13-,15+/m0/s1. The molecule has 0 spiro atoms. The molecule has 0 aromatic heterocycles. The minimum absolute atomic E-state index is 0.00189. The highest BCUT2D eigenvalue weighted by molar-refractivity contribution is 7.90. The first-order chi connectivity index (χ1) is 10.3. The fraction of sp³-hybridized carbons (Fsp3) is 0.562. The maximum Gasteiger partial charge on any atom is 0.220 e. The van der Waals surface area contributed by atoms with Crippen LogP contribution in [0.5, 0.6) is 0 Å². The topological polar surface area (TPSA) is 89.3 Å². The summed E-state index contributed by atoms with van der Waals surface area (Å²) in [7, 11) is -3.19. The van der Waals surface area contributed by atoms with E-state index in [0.29, 0.717) is 6.42 Å². The third-order valence-corrected chi connectivity index (χ3v) is 5.48. The molecule has 0 bridgehead atoms. The number of carbonyl (C=O) groups is 1. The van der Waals surface area contributed by atoms with Gasteiger partial charge in [-0.25, -0.2) is 8.42 Å². The predicted molar refractivity (Wildman–Crippen MR) is 86.0 cm³/mol. The Labute approximate surface area is 132 Å². The molecule has 6 heteroatoms. The summed E-state index contributed by atoms with van der Waals surface area (Å²) < 4.78 is 22.9. The van der Waals surface area contributed by atoms with E-state index in [9.17, 15) is 13.2 Å². The van der Waals surface area contributed by atoms with E-state index < -0.39 is 9.84 Å². The summed E-state index contributed by atoms with van der Waals surface area (Å²) >= 11 is 0. The summed E-state index contributed by atoms with van der Waals surface area (Å²) in [5.41, 5.74) is 6.88. The molecule has 1 saturated carbocycles. The highest BCUT2D eigenvalue weighted by Gasteiger charge is 2.26. The number of amides is 1. The molecule has 1 aromatic carbocycles. The molecular formula is C16H24N2O3S. The second-order valence-corrected chi connectivity index (χ2v) is 8.21. The van der Waals surface area contributed by atoms with Crippen LogP contribution < -0.4 is 11.1 Å². The van der Waals surface area contributed by atoms with Crippen LogP contribution in [-0.2, 0) is 14.6 Å². The van der Waals surface area contributed by atoms with Crippen LogP contribution in [0.3, 0.4) is 0 Å². The van der Waals surface area contributed by atoms with Crippen LogP contribution in [0.2, 0.25) is 0 Å². The first-order valence-electron chi connectivity index (χ1n) is 7.62. The van der Waals surface area contributed by atoms with Crippen molar-refractivity contribution >= 4 is 15.7 Å². The Morgan fingerprint density at radius 3 is 2.45 bits per heavy atom. The summed E-state index contributed by atoms with van der Waals surface area (Å²) in [5.74, 6) is 0.279. The van der Waals surface area contributed by atoms with Crippen molar-refractivity contribution < 1.29 is 13.2 Å². The number of carbonyl (C=O) groups excluding carboxylic acids is 1. The van der Waals surface area contributed by atoms with Crippen molar-refractivity contribution in [1.29, 1.82) is 0 Å². The summed E-state index contributed by atoms with van der Waals surface area (Å²) in [4.78, 5) is 12.4. The van der Waals surface area contributed by atoms with E-state index in [1.807, 2.05) is 6.92 Å². The van der Waals surface area contributed by atoms with Crippen LogP contribution in [0.4, 0.5) is 0 Å². The second-order valence-electron chi connectivity index (χ2n) is 6.19. The lowest BCUT2D eigenvalue weighted by Crippen LogP contribution is -2.32. The number of hydrogen-bond donors (Lipinski definition) is 2. The Hall–Kier alpha value is -1.40. The van der Waals surface area contributed by atoms with E-state index in [-0.39, 0.29) is 28.8 Å². The van der Waals surface area contributed by atoms with Crippen LogP contribution in [0.15, 0.2) is 29.2 Å². The number of nitrogens with one attached hydrogen (secondary N) is 1. The average Bonchev–Trinajstić information content (AvgIpc) is 2.83. The molecular weight excluding hydrogens is 300 g/mol. The summed E-state index contributed by atoms with van der Waals surface area (Å²) in [6, 6.07) is 6.60. The SMILES string of the molecule is CC(NC(=O)C[C@@H]1CCC[C@H]1N)c1ccc(S(C)(=O)=O)cc1. The minimum atomic E-state index is -3.19. The molecule has 1 aromatic rings. The molecule has 22 heavy (non-hydrogen) atoms. The van der Waals surface area contributed by atoms with E-state index >= 15 is 0 Å². The van der Waals surface area contributed by atoms with Gasteiger partial charge in [-0.3, -0.25) is 4.79 Å². The van der Waals surface area contributed by atoms with Crippen molar-refractivity contribution in [3.63, 3.8) is 0 Å². The molecule has 2 rings (SSSR count). The minimum Gasteiger partial charge on any atom is -0.350 e. The number of hydrogen-bond acceptors (Lipinski definition) is 4. The lowest BCUT2D eigenvalue weighted by atomic mass is 9.99. The van der Waals surface area contributed by atoms with Crippen LogP contribution >= 0.6 is 0 Å². The lowest BCUT2D eigenvalue weighted by Gasteiger charge is -2.18. The smallest absolute Gasteiger partial charge is 0.220 e. The Morgan fingerprint density at radius 2 is 1.95 bits per heavy atom. The molecule has 0 radical (unpaired) electrons. The Morgan fingerprint density at radius 1 is 1.32 bits per heavy atom. The number of benzene rings is 1. The third kappa shape index (κ3) is 4.30. The van der Waals surface area contributed by atoms with Gasteiger partial charge in [0.1, 0.15) is 0 Å². The van der Waals surface area contributed by atoms with Crippen LogP contribution in [0.1, 0.15) is 44.2 Å². The predicted octanol–water partition coefficient (Wildman–Crippen LogP) is 1.78. The second kappa shape index (κ2) is 6.79. The maximum absolute atomic E-state index is 12.1. The van der Waals surface area contributed by atoms with Gasteiger partial charge in [0, 0.05) is 18.7 Å². The molecule has 122 valence electrons. The largest absolute Gasteiger partial charge is 0.350 e. The quantitative estimate of drug-likeness (QED) is 0.864. The summed E-state index contributed by atoms with van der Waals surface area (Å²) in [6.45, 7) is 1.89. The fourth-order valence-electron chi connectivity index (χ4n) is 2.94. The highest BCUT2D eigenvalue weighted by atomic mass is 32.2. The number of rotatable bonds is 5. The Balaban J connectivity index is 1.94. The summed E-state index contributed by atoms with van der Waals surface area (Å²) in [6.07, 6.45) is 4.76. The summed E-state index contributed by atoms with van der Waals surface area (Å²) in [5, 5.41) is 2.96. The van der Waals surface area contributed by atoms with Gasteiger partial charge in [0.25, 0.3) is 0 Å². The van der Waals surface area contributed by atoms with Gasteiger partial charge in [-0.05, 0) is 43.4 Å². The van der Waals surface area contributed by atoms with E-state index in [1.54, 1.807) is 24.3 Å². The van der Waals surface area contributed by atoms with Gasteiger partial charge in [-0.15, -0.1) is 0 Å². The van der Waals surface area contributed by atoms with E-state index in [1.165, 1.54) is 6.26 Å². The van der Waals surface area contributed by atoms with Crippen molar-refractivity contribution in [2.45, 2.75) is 49.6 Å². The van der Waals surface area contributed by atoms with Gasteiger partial charge in [-0.2, -0.15) is 0 Å².